The maximum Gasteiger partial charge on any atom is 0.373 e. The summed E-state index contributed by atoms with van der Waals surface area (Å²) in [6, 6.07) is 3.63. The zero-order valence-corrected chi connectivity index (χ0v) is 12.6. The lowest BCUT2D eigenvalue weighted by Gasteiger charge is -2.32. The van der Waals surface area contributed by atoms with Gasteiger partial charge in [0, 0.05) is 0 Å². The fraction of sp³-hybridized carbons (Fsp3) is 0.667. The third kappa shape index (κ3) is 3.83. The standard InChI is InChI=1S/C15H25NO3/c1-6-10-16-13(15(3,4)7-2)11-8-9-12(19-11)14(17)18-5/h8-9,13,16H,6-7,10H2,1-5H3. The van der Waals surface area contributed by atoms with Crippen LogP contribution in [0.5, 0.6) is 0 Å². The van der Waals surface area contributed by atoms with Gasteiger partial charge in [-0.25, -0.2) is 4.79 Å². The summed E-state index contributed by atoms with van der Waals surface area (Å²) in [6.07, 6.45) is 2.07. The van der Waals surface area contributed by atoms with Gasteiger partial charge in [0.2, 0.25) is 5.76 Å². The molecule has 1 atom stereocenters. The Labute approximate surface area is 115 Å². The molecule has 1 aromatic rings. The second-order valence-corrected chi connectivity index (χ2v) is 5.42. The lowest BCUT2D eigenvalue weighted by atomic mass is 9.80. The van der Waals surface area contributed by atoms with Gasteiger partial charge in [-0.3, -0.25) is 0 Å². The summed E-state index contributed by atoms with van der Waals surface area (Å²) in [4.78, 5) is 11.4. The topological polar surface area (TPSA) is 51.5 Å². The Kier molecular flexibility index (Phi) is 5.60. The number of rotatable bonds is 7. The number of hydrogen-bond acceptors (Lipinski definition) is 4. The zero-order chi connectivity index (χ0) is 14.5. The SMILES string of the molecule is CCCNC(c1ccc(C(=O)OC)o1)C(C)(C)CC. The molecule has 0 saturated heterocycles. The van der Waals surface area contributed by atoms with Crippen LogP contribution in [-0.2, 0) is 4.74 Å². The molecule has 1 heterocycles. The van der Waals surface area contributed by atoms with Gasteiger partial charge < -0.3 is 14.5 Å². The number of esters is 1. The van der Waals surface area contributed by atoms with E-state index in [0.717, 1.165) is 25.1 Å². The van der Waals surface area contributed by atoms with Crippen molar-refractivity contribution < 1.29 is 13.9 Å². The smallest absolute Gasteiger partial charge is 0.373 e. The molecule has 0 fully saturated rings. The highest BCUT2D eigenvalue weighted by molar-refractivity contribution is 5.86. The van der Waals surface area contributed by atoms with Crippen LogP contribution in [0.4, 0.5) is 0 Å². The minimum atomic E-state index is -0.435. The van der Waals surface area contributed by atoms with Crippen molar-refractivity contribution in [3.63, 3.8) is 0 Å². The van der Waals surface area contributed by atoms with Crippen LogP contribution < -0.4 is 5.32 Å². The fourth-order valence-electron chi connectivity index (χ4n) is 1.97. The summed E-state index contributed by atoms with van der Waals surface area (Å²) in [5.41, 5.74) is 0.0560. The average Bonchev–Trinajstić information content (AvgIpc) is 2.87. The van der Waals surface area contributed by atoms with Gasteiger partial charge >= 0.3 is 5.97 Å². The fourth-order valence-corrected chi connectivity index (χ4v) is 1.97. The Hall–Kier alpha value is -1.29. The van der Waals surface area contributed by atoms with E-state index in [-0.39, 0.29) is 17.2 Å². The molecule has 4 heteroatoms. The summed E-state index contributed by atoms with van der Waals surface area (Å²) in [5, 5.41) is 3.50. The maximum atomic E-state index is 11.4. The molecule has 0 radical (unpaired) electrons. The molecule has 0 aliphatic carbocycles. The highest BCUT2D eigenvalue weighted by atomic mass is 16.5. The van der Waals surface area contributed by atoms with Gasteiger partial charge in [-0.05, 0) is 36.9 Å². The van der Waals surface area contributed by atoms with Crippen LogP contribution in [0.2, 0.25) is 0 Å². The van der Waals surface area contributed by atoms with Crippen molar-refractivity contribution in [1.29, 1.82) is 0 Å². The molecule has 1 N–H and O–H groups in total. The van der Waals surface area contributed by atoms with Crippen molar-refractivity contribution in [2.24, 2.45) is 5.41 Å². The second-order valence-electron chi connectivity index (χ2n) is 5.42. The zero-order valence-electron chi connectivity index (χ0n) is 12.6. The van der Waals surface area contributed by atoms with Crippen molar-refractivity contribution in [2.45, 2.75) is 46.6 Å². The summed E-state index contributed by atoms with van der Waals surface area (Å²) in [6.45, 7) is 9.60. The summed E-state index contributed by atoms with van der Waals surface area (Å²) < 4.78 is 10.3. The molecule has 0 aliphatic heterocycles. The average molecular weight is 267 g/mol. The number of carbonyl (C=O) groups is 1. The van der Waals surface area contributed by atoms with Crippen molar-refractivity contribution >= 4 is 5.97 Å². The van der Waals surface area contributed by atoms with Crippen molar-refractivity contribution in [2.75, 3.05) is 13.7 Å². The predicted octanol–water partition coefficient (Wildman–Crippen LogP) is 3.54. The molecule has 0 bridgehead atoms. The van der Waals surface area contributed by atoms with Gasteiger partial charge in [0.1, 0.15) is 5.76 Å². The van der Waals surface area contributed by atoms with Crippen molar-refractivity contribution in [3.8, 4) is 0 Å². The highest BCUT2D eigenvalue weighted by Gasteiger charge is 2.31. The molecule has 1 rings (SSSR count). The van der Waals surface area contributed by atoms with E-state index in [0.29, 0.717) is 0 Å². The van der Waals surface area contributed by atoms with Crippen LogP contribution in [0.15, 0.2) is 16.5 Å². The summed E-state index contributed by atoms with van der Waals surface area (Å²) >= 11 is 0. The van der Waals surface area contributed by atoms with Gasteiger partial charge in [-0.2, -0.15) is 0 Å². The van der Waals surface area contributed by atoms with E-state index in [9.17, 15) is 4.79 Å². The first-order chi connectivity index (χ1) is 8.96. The molecule has 0 aliphatic rings. The Balaban J connectivity index is 2.97. The molecule has 0 aromatic carbocycles. The van der Waals surface area contributed by atoms with Crippen LogP contribution in [0.25, 0.3) is 0 Å². The number of ether oxygens (including phenoxy) is 1. The van der Waals surface area contributed by atoms with E-state index < -0.39 is 5.97 Å². The van der Waals surface area contributed by atoms with E-state index in [1.807, 2.05) is 6.07 Å². The highest BCUT2D eigenvalue weighted by Crippen LogP contribution is 2.37. The molecule has 19 heavy (non-hydrogen) atoms. The third-order valence-electron chi connectivity index (χ3n) is 3.59. The minimum absolute atomic E-state index is 0.0560. The number of hydrogen-bond donors (Lipinski definition) is 1. The van der Waals surface area contributed by atoms with Gasteiger partial charge in [-0.15, -0.1) is 0 Å². The maximum absolute atomic E-state index is 11.4. The Bertz CT molecular complexity index is 409. The number of furan rings is 1. The number of carbonyl (C=O) groups excluding carboxylic acids is 1. The lowest BCUT2D eigenvalue weighted by molar-refractivity contribution is 0.0558. The monoisotopic (exact) mass is 267 g/mol. The van der Waals surface area contributed by atoms with Crippen LogP contribution in [0.3, 0.4) is 0 Å². The quantitative estimate of drug-likeness (QED) is 0.768. The molecule has 1 unspecified atom stereocenters. The Morgan fingerprint density at radius 3 is 2.63 bits per heavy atom. The van der Waals surface area contributed by atoms with E-state index in [1.54, 1.807) is 6.07 Å². The molecule has 0 spiro atoms. The normalized spacial score (nSPS) is 13.3. The van der Waals surface area contributed by atoms with E-state index in [4.69, 9.17) is 4.42 Å². The predicted molar refractivity (Wildman–Crippen MR) is 75.2 cm³/mol. The molecule has 108 valence electrons. The first-order valence-electron chi connectivity index (χ1n) is 6.87. The molecule has 0 saturated carbocycles. The first kappa shape index (κ1) is 15.8. The molecular weight excluding hydrogens is 242 g/mol. The van der Waals surface area contributed by atoms with Gasteiger partial charge in [0.15, 0.2) is 0 Å². The molecular formula is C15H25NO3. The molecule has 1 aromatic heterocycles. The van der Waals surface area contributed by atoms with Crippen LogP contribution in [0, 0.1) is 5.41 Å². The van der Waals surface area contributed by atoms with Gasteiger partial charge in [0.05, 0.1) is 13.2 Å². The first-order valence-corrected chi connectivity index (χ1v) is 6.87. The Morgan fingerprint density at radius 1 is 1.42 bits per heavy atom. The largest absolute Gasteiger partial charge is 0.463 e. The third-order valence-corrected chi connectivity index (χ3v) is 3.59. The number of nitrogens with one attached hydrogen (secondary N) is 1. The number of methoxy groups -OCH3 is 1. The Morgan fingerprint density at radius 2 is 2.11 bits per heavy atom. The van der Waals surface area contributed by atoms with Crippen LogP contribution in [0.1, 0.15) is 62.9 Å². The van der Waals surface area contributed by atoms with Crippen molar-refractivity contribution in [1.82, 2.24) is 5.32 Å². The van der Waals surface area contributed by atoms with Gasteiger partial charge in [0.25, 0.3) is 0 Å². The second kappa shape index (κ2) is 6.75. The summed E-state index contributed by atoms with van der Waals surface area (Å²) in [7, 11) is 1.35. The van der Waals surface area contributed by atoms with Crippen LogP contribution >= 0.6 is 0 Å². The van der Waals surface area contributed by atoms with Crippen LogP contribution in [-0.4, -0.2) is 19.6 Å². The molecule has 0 amide bonds. The van der Waals surface area contributed by atoms with E-state index in [2.05, 4.69) is 37.7 Å². The summed E-state index contributed by atoms with van der Waals surface area (Å²) in [5.74, 6) is 0.614. The van der Waals surface area contributed by atoms with Crippen molar-refractivity contribution in [3.05, 3.63) is 23.7 Å². The van der Waals surface area contributed by atoms with E-state index in [1.165, 1.54) is 7.11 Å². The van der Waals surface area contributed by atoms with E-state index >= 15 is 0 Å². The van der Waals surface area contributed by atoms with Gasteiger partial charge in [-0.1, -0.05) is 27.7 Å². The molecule has 4 nitrogen and oxygen atoms in total. The lowest BCUT2D eigenvalue weighted by Crippen LogP contribution is -2.34. The minimum Gasteiger partial charge on any atom is -0.463 e.